The Balaban J connectivity index is 3.40. The fourth-order valence-electron chi connectivity index (χ4n) is 2.91. The molecular formula is C27H47NO4. The van der Waals surface area contributed by atoms with Gasteiger partial charge in [-0.05, 0) is 59.3 Å². The highest BCUT2D eigenvalue weighted by Gasteiger charge is 2.15. The zero-order valence-corrected chi connectivity index (χ0v) is 21.0. The lowest BCUT2D eigenvalue weighted by Crippen LogP contribution is -2.28. The van der Waals surface area contributed by atoms with Gasteiger partial charge in [0, 0.05) is 19.5 Å². The third-order valence-electron chi connectivity index (χ3n) is 4.50. The molecule has 0 saturated carbocycles. The van der Waals surface area contributed by atoms with E-state index in [-0.39, 0.29) is 11.9 Å². The van der Waals surface area contributed by atoms with E-state index in [0.29, 0.717) is 32.5 Å². The molecule has 0 amide bonds. The fraction of sp³-hybridized carbons (Fsp3) is 0.704. The van der Waals surface area contributed by atoms with Gasteiger partial charge < -0.3 is 14.8 Å². The van der Waals surface area contributed by atoms with E-state index in [1.165, 1.54) is 12.8 Å². The monoisotopic (exact) mass is 449 g/mol. The van der Waals surface area contributed by atoms with Crippen molar-refractivity contribution in [3.05, 3.63) is 36.5 Å². The summed E-state index contributed by atoms with van der Waals surface area (Å²) in [6.45, 7) is 9.11. The van der Waals surface area contributed by atoms with Crippen LogP contribution in [0.25, 0.3) is 0 Å². The third kappa shape index (κ3) is 24.4. The molecule has 0 heterocycles. The van der Waals surface area contributed by atoms with Crippen LogP contribution >= 0.6 is 0 Å². The van der Waals surface area contributed by atoms with Gasteiger partial charge in [-0.3, -0.25) is 9.59 Å². The molecule has 0 aromatic heterocycles. The lowest BCUT2D eigenvalue weighted by atomic mass is 10.1. The smallest absolute Gasteiger partial charge is 0.307 e. The molecule has 5 heteroatoms. The average molecular weight is 450 g/mol. The van der Waals surface area contributed by atoms with Crippen LogP contribution in [0, 0.1) is 0 Å². The first-order valence-electron chi connectivity index (χ1n) is 12.4. The zero-order valence-electron chi connectivity index (χ0n) is 21.0. The number of hydrogen-bond donors (Lipinski definition) is 1. The third-order valence-corrected chi connectivity index (χ3v) is 4.50. The van der Waals surface area contributed by atoms with Gasteiger partial charge in [-0.15, -0.1) is 0 Å². The molecule has 184 valence electrons. The van der Waals surface area contributed by atoms with Crippen molar-refractivity contribution in [2.24, 2.45) is 0 Å². The number of rotatable bonds is 19. The Hall–Kier alpha value is -1.88. The maximum atomic E-state index is 11.7. The lowest BCUT2D eigenvalue weighted by Gasteiger charge is -2.19. The molecule has 0 fully saturated rings. The SMILES string of the molecule is CC/C=C\C/C=C\C/C=C\CCCCCCCC(=O)OCCNCCC(=O)OC(C)(C)C. The summed E-state index contributed by atoms with van der Waals surface area (Å²) < 4.78 is 10.4. The molecule has 0 aromatic rings. The van der Waals surface area contributed by atoms with Crippen LogP contribution in [0.3, 0.4) is 0 Å². The minimum atomic E-state index is -0.452. The van der Waals surface area contributed by atoms with Crippen LogP contribution in [0.4, 0.5) is 0 Å². The van der Waals surface area contributed by atoms with E-state index in [1.54, 1.807) is 0 Å². The molecule has 32 heavy (non-hydrogen) atoms. The number of ether oxygens (including phenoxy) is 2. The van der Waals surface area contributed by atoms with Gasteiger partial charge in [0.1, 0.15) is 12.2 Å². The summed E-state index contributed by atoms with van der Waals surface area (Å²) in [6.07, 6.45) is 24.0. The highest BCUT2D eigenvalue weighted by atomic mass is 16.6. The maximum Gasteiger partial charge on any atom is 0.307 e. The van der Waals surface area contributed by atoms with Gasteiger partial charge in [-0.1, -0.05) is 62.6 Å². The molecular weight excluding hydrogens is 402 g/mol. The number of nitrogens with one attached hydrogen (secondary N) is 1. The van der Waals surface area contributed by atoms with Gasteiger partial charge in [0.2, 0.25) is 0 Å². The summed E-state index contributed by atoms with van der Waals surface area (Å²) in [5, 5.41) is 3.09. The van der Waals surface area contributed by atoms with Crippen molar-refractivity contribution in [3.63, 3.8) is 0 Å². The Morgan fingerprint density at radius 1 is 0.750 bits per heavy atom. The molecule has 0 unspecified atom stereocenters. The first-order chi connectivity index (χ1) is 15.3. The first-order valence-corrected chi connectivity index (χ1v) is 12.4. The zero-order chi connectivity index (χ0) is 23.9. The standard InChI is InChI=1S/C27H47NO4/c1-5-6-7-8-9-10-11-12-13-14-15-16-17-18-19-20-25(29)31-24-23-28-22-21-26(30)32-27(2,3)4/h6-7,9-10,12-13,28H,5,8,11,14-24H2,1-4H3/b7-6-,10-9-,13-12-. The molecule has 5 nitrogen and oxygen atoms in total. The molecule has 0 aromatic carbocycles. The van der Waals surface area contributed by atoms with Gasteiger partial charge in [-0.2, -0.15) is 0 Å². The van der Waals surface area contributed by atoms with Gasteiger partial charge in [0.05, 0.1) is 6.42 Å². The average Bonchev–Trinajstić information content (AvgIpc) is 2.72. The van der Waals surface area contributed by atoms with E-state index in [2.05, 4.69) is 48.7 Å². The highest BCUT2D eigenvalue weighted by molar-refractivity contribution is 5.70. The Kier molecular flexibility index (Phi) is 19.8. The fourth-order valence-corrected chi connectivity index (χ4v) is 2.91. The van der Waals surface area contributed by atoms with E-state index >= 15 is 0 Å². The number of carbonyl (C=O) groups excluding carboxylic acids is 2. The van der Waals surface area contributed by atoms with Crippen molar-refractivity contribution in [1.82, 2.24) is 5.32 Å². The summed E-state index contributed by atoms with van der Waals surface area (Å²) in [7, 11) is 0. The van der Waals surface area contributed by atoms with Crippen molar-refractivity contribution in [1.29, 1.82) is 0 Å². The molecule has 0 bridgehead atoms. The first kappa shape index (κ1) is 30.1. The number of unbranched alkanes of at least 4 members (excludes halogenated alkanes) is 5. The molecule has 0 saturated heterocycles. The summed E-state index contributed by atoms with van der Waals surface area (Å²) >= 11 is 0. The number of esters is 2. The van der Waals surface area contributed by atoms with Crippen molar-refractivity contribution >= 4 is 11.9 Å². The van der Waals surface area contributed by atoms with Gasteiger partial charge >= 0.3 is 11.9 Å². The molecule has 0 aliphatic rings. The number of carbonyl (C=O) groups is 2. The van der Waals surface area contributed by atoms with E-state index < -0.39 is 5.60 Å². The summed E-state index contributed by atoms with van der Waals surface area (Å²) in [4.78, 5) is 23.3. The lowest BCUT2D eigenvalue weighted by molar-refractivity contribution is -0.154. The number of hydrogen-bond acceptors (Lipinski definition) is 5. The summed E-state index contributed by atoms with van der Waals surface area (Å²) in [5.74, 6) is -0.360. The predicted octanol–water partition coefficient (Wildman–Crippen LogP) is 6.44. The highest BCUT2D eigenvalue weighted by Crippen LogP contribution is 2.09. The molecule has 0 rings (SSSR count). The maximum absolute atomic E-state index is 11.7. The predicted molar refractivity (Wildman–Crippen MR) is 134 cm³/mol. The van der Waals surface area contributed by atoms with Crippen LogP contribution in [0.15, 0.2) is 36.5 Å². The summed E-state index contributed by atoms with van der Waals surface area (Å²) in [5.41, 5.74) is -0.452. The Bertz CT molecular complexity index is 558. The van der Waals surface area contributed by atoms with Crippen LogP contribution in [0.1, 0.15) is 98.3 Å². The molecule has 0 aliphatic heterocycles. The van der Waals surface area contributed by atoms with Crippen molar-refractivity contribution in [2.75, 3.05) is 19.7 Å². The normalized spacial score (nSPS) is 12.2. The van der Waals surface area contributed by atoms with Crippen LogP contribution in [0.2, 0.25) is 0 Å². The van der Waals surface area contributed by atoms with Crippen molar-refractivity contribution in [2.45, 2.75) is 104 Å². The van der Waals surface area contributed by atoms with E-state index in [4.69, 9.17) is 9.47 Å². The van der Waals surface area contributed by atoms with E-state index in [1.807, 2.05) is 20.8 Å². The second-order valence-electron chi connectivity index (χ2n) is 8.91. The number of allylic oxidation sites excluding steroid dienone is 6. The largest absolute Gasteiger partial charge is 0.464 e. The van der Waals surface area contributed by atoms with Gasteiger partial charge in [0.25, 0.3) is 0 Å². The van der Waals surface area contributed by atoms with Crippen molar-refractivity contribution < 1.29 is 19.1 Å². The molecule has 0 spiro atoms. The quantitative estimate of drug-likeness (QED) is 0.140. The van der Waals surface area contributed by atoms with Gasteiger partial charge in [-0.25, -0.2) is 0 Å². The Morgan fingerprint density at radius 3 is 2.06 bits per heavy atom. The van der Waals surface area contributed by atoms with Crippen LogP contribution in [-0.4, -0.2) is 37.2 Å². The Morgan fingerprint density at radius 2 is 1.38 bits per heavy atom. The minimum absolute atomic E-state index is 0.139. The van der Waals surface area contributed by atoms with E-state index in [9.17, 15) is 9.59 Å². The molecule has 0 aliphatic carbocycles. The van der Waals surface area contributed by atoms with Gasteiger partial charge in [0.15, 0.2) is 0 Å². The van der Waals surface area contributed by atoms with Crippen molar-refractivity contribution in [3.8, 4) is 0 Å². The second kappa shape index (κ2) is 21.0. The van der Waals surface area contributed by atoms with E-state index in [0.717, 1.165) is 44.9 Å². The second-order valence-corrected chi connectivity index (χ2v) is 8.91. The minimum Gasteiger partial charge on any atom is -0.464 e. The van der Waals surface area contributed by atoms with Crippen LogP contribution < -0.4 is 5.32 Å². The topological polar surface area (TPSA) is 64.6 Å². The molecule has 1 N–H and O–H groups in total. The Labute approximate surface area is 196 Å². The van der Waals surface area contributed by atoms with Crippen LogP contribution in [0.5, 0.6) is 0 Å². The van der Waals surface area contributed by atoms with Crippen LogP contribution in [-0.2, 0) is 19.1 Å². The summed E-state index contributed by atoms with van der Waals surface area (Å²) in [6, 6.07) is 0. The molecule has 0 radical (unpaired) electrons. The molecule has 0 atom stereocenters.